The minimum Gasteiger partial charge on any atom is -0.466 e. The van der Waals surface area contributed by atoms with E-state index in [1.807, 2.05) is 25.1 Å². The number of anilines is 1. The van der Waals surface area contributed by atoms with Crippen LogP contribution in [0.25, 0.3) is 0 Å². The molecule has 0 aromatic heterocycles. The molecule has 1 fully saturated rings. The number of carbonyl (C=O) groups is 3. The molecule has 6 nitrogen and oxygen atoms in total. The smallest absolute Gasteiger partial charge is 0.310 e. The van der Waals surface area contributed by atoms with Crippen LogP contribution in [-0.4, -0.2) is 48.8 Å². The zero-order valence-electron chi connectivity index (χ0n) is 17.3. The van der Waals surface area contributed by atoms with Crippen LogP contribution in [0.1, 0.15) is 42.1 Å². The summed E-state index contributed by atoms with van der Waals surface area (Å²) < 4.78 is 5.13. The van der Waals surface area contributed by atoms with Crippen LogP contribution in [0.4, 0.5) is 5.69 Å². The lowest BCUT2D eigenvalue weighted by molar-refractivity contribution is -0.149. The Hall–Kier alpha value is -2.99. The molecule has 0 radical (unpaired) electrons. The van der Waals surface area contributed by atoms with Gasteiger partial charge in [-0.25, -0.2) is 0 Å². The highest BCUT2D eigenvalue weighted by Crippen LogP contribution is 2.21. The van der Waals surface area contributed by atoms with E-state index in [9.17, 15) is 14.4 Å². The molecule has 1 atom stereocenters. The summed E-state index contributed by atoms with van der Waals surface area (Å²) in [5, 5.41) is 2.88. The zero-order chi connectivity index (χ0) is 21.3. The second-order valence-corrected chi connectivity index (χ2v) is 7.43. The molecule has 158 valence electrons. The van der Waals surface area contributed by atoms with Crippen molar-refractivity contribution in [2.45, 2.75) is 26.2 Å². The average molecular weight is 408 g/mol. The summed E-state index contributed by atoms with van der Waals surface area (Å²) in [6.07, 6.45) is 2.04. The normalized spacial score (nSPS) is 16.6. The zero-order valence-corrected chi connectivity index (χ0v) is 17.3. The summed E-state index contributed by atoms with van der Waals surface area (Å²) in [7, 11) is 0. The quantitative estimate of drug-likeness (QED) is 0.534. The molecule has 1 N–H and O–H groups in total. The number of para-hydroxylation sites is 1. The maximum Gasteiger partial charge on any atom is 0.310 e. The van der Waals surface area contributed by atoms with Gasteiger partial charge >= 0.3 is 5.97 Å². The van der Waals surface area contributed by atoms with Crippen LogP contribution < -0.4 is 5.32 Å². The second-order valence-electron chi connectivity index (χ2n) is 7.43. The number of hydrogen-bond donors (Lipinski definition) is 1. The van der Waals surface area contributed by atoms with E-state index in [0.29, 0.717) is 42.9 Å². The molecule has 1 saturated heterocycles. The van der Waals surface area contributed by atoms with E-state index in [1.165, 1.54) is 0 Å². The minimum atomic E-state index is -0.153. The Kier molecular flexibility index (Phi) is 7.74. The lowest BCUT2D eigenvalue weighted by Crippen LogP contribution is -2.40. The molecule has 1 amide bonds. The van der Waals surface area contributed by atoms with Gasteiger partial charge in [-0.3, -0.25) is 14.4 Å². The van der Waals surface area contributed by atoms with Crippen molar-refractivity contribution in [1.29, 1.82) is 0 Å². The van der Waals surface area contributed by atoms with Gasteiger partial charge in [0.25, 0.3) is 0 Å². The Morgan fingerprint density at radius 1 is 1.07 bits per heavy atom. The predicted octanol–water partition coefficient (Wildman–Crippen LogP) is 3.52. The van der Waals surface area contributed by atoms with Crippen molar-refractivity contribution in [3.63, 3.8) is 0 Å². The van der Waals surface area contributed by atoms with Gasteiger partial charge in [0.05, 0.1) is 18.2 Å². The molecule has 2 aromatic carbocycles. The lowest BCUT2D eigenvalue weighted by Gasteiger charge is -2.31. The fourth-order valence-corrected chi connectivity index (χ4v) is 3.72. The number of amides is 1. The fraction of sp³-hybridized carbons (Fsp3) is 0.375. The van der Waals surface area contributed by atoms with Gasteiger partial charge in [0.2, 0.25) is 5.91 Å². The highest BCUT2D eigenvalue weighted by molar-refractivity contribution is 6.13. The standard InChI is InChI=1S/C24H28N2O4/c1-2-30-24(29)19-11-8-15-26(17-19)16-14-22(27)25-21-13-7-6-12-20(21)23(28)18-9-4-3-5-10-18/h3-7,9-10,12-13,19H,2,8,11,14-17H2,1H3,(H,25,27)/t19-/m1/s1. The summed E-state index contributed by atoms with van der Waals surface area (Å²) in [4.78, 5) is 39.5. The van der Waals surface area contributed by atoms with Crippen LogP contribution >= 0.6 is 0 Å². The third-order valence-electron chi connectivity index (χ3n) is 5.26. The van der Waals surface area contributed by atoms with E-state index in [1.54, 1.807) is 36.4 Å². The largest absolute Gasteiger partial charge is 0.466 e. The predicted molar refractivity (Wildman–Crippen MR) is 115 cm³/mol. The molecular formula is C24H28N2O4. The van der Waals surface area contributed by atoms with Crippen molar-refractivity contribution >= 4 is 23.3 Å². The average Bonchev–Trinajstić information content (AvgIpc) is 2.78. The van der Waals surface area contributed by atoms with Crippen LogP contribution in [0.3, 0.4) is 0 Å². The molecule has 1 heterocycles. The number of rotatable bonds is 8. The van der Waals surface area contributed by atoms with Crippen LogP contribution in [-0.2, 0) is 14.3 Å². The monoisotopic (exact) mass is 408 g/mol. The molecule has 0 spiro atoms. The van der Waals surface area contributed by atoms with Gasteiger partial charge in [-0.2, -0.15) is 0 Å². The molecule has 0 bridgehead atoms. The number of nitrogens with one attached hydrogen (secondary N) is 1. The first-order valence-electron chi connectivity index (χ1n) is 10.5. The molecule has 1 aliphatic heterocycles. The first-order chi connectivity index (χ1) is 14.6. The fourth-order valence-electron chi connectivity index (χ4n) is 3.72. The van der Waals surface area contributed by atoms with Gasteiger partial charge in [0, 0.05) is 30.6 Å². The minimum absolute atomic E-state index is 0.119. The Labute approximate surface area is 177 Å². The van der Waals surface area contributed by atoms with Crippen LogP contribution in [0.15, 0.2) is 54.6 Å². The molecule has 30 heavy (non-hydrogen) atoms. The molecule has 1 aliphatic rings. The molecule has 6 heteroatoms. The van der Waals surface area contributed by atoms with E-state index in [2.05, 4.69) is 10.2 Å². The van der Waals surface area contributed by atoms with Gasteiger partial charge in [0.1, 0.15) is 0 Å². The Morgan fingerprint density at radius 3 is 2.57 bits per heavy atom. The van der Waals surface area contributed by atoms with Crippen molar-refractivity contribution < 1.29 is 19.1 Å². The summed E-state index contributed by atoms with van der Waals surface area (Å²) in [6, 6.07) is 16.1. The third-order valence-corrected chi connectivity index (χ3v) is 5.26. The number of ether oxygens (including phenoxy) is 1. The number of ketones is 1. The first kappa shape index (κ1) is 21.7. The number of hydrogen-bond acceptors (Lipinski definition) is 5. The number of benzene rings is 2. The van der Waals surface area contributed by atoms with Gasteiger partial charge < -0.3 is 15.0 Å². The van der Waals surface area contributed by atoms with E-state index in [-0.39, 0.29) is 23.6 Å². The topological polar surface area (TPSA) is 75.7 Å². The van der Waals surface area contributed by atoms with Crippen LogP contribution in [0.2, 0.25) is 0 Å². The van der Waals surface area contributed by atoms with E-state index >= 15 is 0 Å². The number of esters is 1. The van der Waals surface area contributed by atoms with Crippen LogP contribution in [0.5, 0.6) is 0 Å². The molecular weight excluding hydrogens is 380 g/mol. The van der Waals surface area contributed by atoms with Crippen molar-refractivity contribution in [3.05, 3.63) is 65.7 Å². The highest BCUT2D eigenvalue weighted by atomic mass is 16.5. The molecule has 0 saturated carbocycles. The summed E-state index contributed by atoms with van der Waals surface area (Å²) >= 11 is 0. The Morgan fingerprint density at radius 2 is 1.80 bits per heavy atom. The van der Waals surface area contributed by atoms with Gasteiger partial charge in [-0.1, -0.05) is 42.5 Å². The summed E-state index contributed by atoms with van der Waals surface area (Å²) in [5.74, 6) is -0.549. The molecule has 3 rings (SSSR count). The summed E-state index contributed by atoms with van der Waals surface area (Å²) in [6.45, 7) is 4.25. The second kappa shape index (κ2) is 10.7. The van der Waals surface area contributed by atoms with Crippen molar-refractivity contribution in [1.82, 2.24) is 4.90 Å². The number of likely N-dealkylation sites (tertiary alicyclic amines) is 1. The molecule has 0 unspecified atom stereocenters. The van der Waals surface area contributed by atoms with E-state index in [0.717, 1.165) is 19.4 Å². The SMILES string of the molecule is CCOC(=O)[C@@H]1CCCN(CCC(=O)Nc2ccccc2C(=O)c2ccccc2)C1. The maximum absolute atomic E-state index is 12.8. The van der Waals surface area contributed by atoms with Gasteiger partial charge in [-0.15, -0.1) is 0 Å². The number of piperidine rings is 1. The number of carbonyl (C=O) groups excluding carboxylic acids is 3. The summed E-state index contributed by atoms with van der Waals surface area (Å²) in [5.41, 5.74) is 1.56. The number of nitrogens with zero attached hydrogens (tertiary/aromatic N) is 1. The van der Waals surface area contributed by atoms with E-state index in [4.69, 9.17) is 4.74 Å². The highest BCUT2D eigenvalue weighted by Gasteiger charge is 2.27. The molecule has 0 aliphatic carbocycles. The van der Waals surface area contributed by atoms with Crippen molar-refractivity contribution in [3.8, 4) is 0 Å². The van der Waals surface area contributed by atoms with Gasteiger partial charge in [-0.05, 0) is 38.4 Å². The van der Waals surface area contributed by atoms with Crippen molar-refractivity contribution in [2.75, 3.05) is 31.6 Å². The maximum atomic E-state index is 12.8. The van der Waals surface area contributed by atoms with Crippen molar-refractivity contribution in [2.24, 2.45) is 5.92 Å². The van der Waals surface area contributed by atoms with Crippen LogP contribution in [0, 0.1) is 5.92 Å². The molecule has 2 aromatic rings. The first-order valence-corrected chi connectivity index (χ1v) is 10.5. The van der Waals surface area contributed by atoms with Gasteiger partial charge in [0.15, 0.2) is 5.78 Å². The Balaban J connectivity index is 1.57. The van der Waals surface area contributed by atoms with E-state index < -0.39 is 0 Å². The third kappa shape index (κ3) is 5.76. The lowest BCUT2D eigenvalue weighted by atomic mass is 9.98. The Bertz CT molecular complexity index is 882.